The van der Waals surface area contributed by atoms with Crippen molar-refractivity contribution in [1.29, 1.82) is 0 Å². The minimum Gasteiger partial charge on any atom is -0.477 e. The van der Waals surface area contributed by atoms with Crippen molar-refractivity contribution in [1.82, 2.24) is 0 Å². The number of hydrogen-bond acceptors (Lipinski definition) is 4. The molecule has 0 aliphatic rings. The van der Waals surface area contributed by atoms with Gasteiger partial charge >= 0.3 is 5.97 Å². The van der Waals surface area contributed by atoms with Gasteiger partial charge in [0, 0.05) is 5.56 Å². The van der Waals surface area contributed by atoms with E-state index in [4.69, 9.17) is 15.9 Å². The van der Waals surface area contributed by atoms with E-state index >= 15 is 0 Å². The molecule has 6 nitrogen and oxygen atoms in total. The van der Waals surface area contributed by atoms with Crippen LogP contribution in [0.4, 0.5) is 8.78 Å². The predicted molar refractivity (Wildman–Crippen MR) is 53.5 cm³/mol. The standard InChI is InChI=1S/C10H9F2NO5/c11-4-2-1-3(6(12)5(4)10(17)18)7(14)8(15)9(13)16/h1-2,7-8,14-15H,(H2,13,16)(H,17,18). The first kappa shape index (κ1) is 14.0. The van der Waals surface area contributed by atoms with Gasteiger partial charge in [-0.05, 0) is 6.07 Å². The first-order valence-electron chi connectivity index (χ1n) is 4.64. The minimum atomic E-state index is -2.13. The summed E-state index contributed by atoms with van der Waals surface area (Å²) in [7, 11) is 0. The SMILES string of the molecule is NC(=O)C(O)C(O)c1ccc(F)c(C(=O)O)c1F. The Kier molecular flexibility index (Phi) is 3.94. The second kappa shape index (κ2) is 5.07. The zero-order valence-electron chi connectivity index (χ0n) is 8.80. The summed E-state index contributed by atoms with van der Waals surface area (Å²) in [6.45, 7) is 0. The number of halogens is 2. The quantitative estimate of drug-likeness (QED) is 0.584. The van der Waals surface area contributed by atoms with Crippen molar-refractivity contribution in [2.45, 2.75) is 12.2 Å². The number of carboxylic acids is 1. The molecule has 0 aliphatic carbocycles. The Morgan fingerprint density at radius 3 is 2.22 bits per heavy atom. The molecule has 0 aromatic heterocycles. The van der Waals surface area contributed by atoms with Gasteiger partial charge in [0.25, 0.3) is 0 Å². The zero-order valence-corrected chi connectivity index (χ0v) is 8.80. The van der Waals surface area contributed by atoms with Gasteiger partial charge in [0.15, 0.2) is 6.10 Å². The number of carboxylic acid groups (broad SMARTS) is 1. The van der Waals surface area contributed by atoms with Crippen molar-refractivity contribution < 1.29 is 33.7 Å². The number of primary amides is 1. The monoisotopic (exact) mass is 261 g/mol. The highest BCUT2D eigenvalue weighted by Gasteiger charge is 2.29. The molecule has 0 aliphatic heterocycles. The third-order valence-electron chi connectivity index (χ3n) is 2.24. The molecular formula is C10H9F2NO5. The van der Waals surface area contributed by atoms with Gasteiger partial charge < -0.3 is 21.1 Å². The Hall–Kier alpha value is -2.06. The third kappa shape index (κ3) is 2.44. The number of nitrogens with two attached hydrogens (primary N) is 1. The minimum absolute atomic E-state index is 0.596. The average Bonchev–Trinajstić information content (AvgIpc) is 2.26. The lowest BCUT2D eigenvalue weighted by Crippen LogP contribution is -2.34. The smallest absolute Gasteiger partial charge is 0.341 e. The van der Waals surface area contributed by atoms with E-state index in [1.165, 1.54) is 0 Å². The second-order valence-electron chi connectivity index (χ2n) is 3.42. The van der Waals surface area contributed by atoms with Gasteiger partial charge in [-0.2, -0.15) is 0 Å². The third-order valence-corrected chi connectivity index (χ3v) is 2.24. The Balaban J connectivity index is 3.31. The summed E-state index contributed by atoms with van der Waals surface area (Å²) in [6, 6.07) is 1.31. The van der Waals surface area contributed by atoms with Crippen LogP contribution >= 0.6 is 0 Å². The largest absolute Gasteiger partial charge is 0.477 e. The molecule has 0 spiro atoms. The number of aromatic carboxylic acids is 1. The maximum absolute atomic E-state index is 13.6. The summed E-state index contributed by atoms with van der Waals surface area (Å²) in [5, 5.41) is 27.2. The lowest BCUT2D eigenvalue weighted by molar-refractivity contribution is -0.132. The van der Waals surface area contributed by atoms with Crippen molar-refractivity contribution in [2.75, 3.05) is 0 Å². The molecule has 1 amide bonds. The molecule has 18 heavy (non-hydrogen) atoms. The number of benzene rings is 1. The maximum atomic E-state index is 13.6. The molecule has 1 aromatic rings. The molecule has 2 unspecified atom stereocenters. The van der Waals surface area contributed by atoms with Gasteiger partial charge in [-0.1, -0.05) is 6.07 Å². The molecule has 0 saturated carbocycles. The van der Waals surface area contributed by atoms with E-state index in [0.717, 1.165) is 0 Å². The summed E-state index contributed by atoms with van der Waals surface area (Å²) >= 11 is 0. The first-order valence-corrected chi connectivity index (χ1v) is 4.64. The fourth-order valence-corrected chi connectivity index (χ4v) is 1.32. The summed E-state index contributed by atoms with van der Waals surface area (Å²) in [5.41, 5.74) is 2.67. The molecule has 1 rings (SSSR count). The first-order chi connectivity index (χ1) is 8.27. The molecule has 2 atom stereocenters. The average molecular weight is 261 g/mol. The predicted octanol–water partition coefficient (Wildman–Crippen LogP) is -0.457. The molecule has 8 heteroatoms. The van der Waals surface area contributed by atoms with Crippen LogP contribution in [0.3, 0.4) is 0 Å². The molecule has 1 aromatic carbocycles. The van der Waals surface area contributed by atoms with Crippen LogP contribution in [0.25, 0.3) is 0 Å². The second-order valence-corrected chi connectivity index (χ2v) is 3.42. The van der Waals surface area contributed by atoms with E-state index in [9.17, 15) is 23.5 Å². The number of aliphatic hydroxyl groups is 2. The molecule has 0 saturated heterocycles. The lowest BCUT2D eigenvalue weighted by atomic mass is 10.00. The Bertz CT molecular complexity index is 505. The molecule has 0 radical (unpaired) electrons. The Labute approximate surface area is 99.3 Å². The number of rotatable bonds is 4. The number of hydrogen-bond donors (Lipinski definition) is 4. The highest BCUT2D eigenvalue weighted by Crippen LogP contribution is 2.24. The molecule has 5 N–H and O–H groups in total. The van der Waals surface area contributed by atoms with E-state index < -0.39 is 46.8 Å². The highest BCUT2D eigenvalue weighted by molar-refractivity contribution is 5.88. The molecular weight excluding hydrogens is 252 g/mol. The zero-order chi connectivity index (χ0) is 14.0. The Morgan fingerprint density at radius 1 is 1.22 bits per heavy atom. The van der Waals surface area contributed by atoms with Gasteiger partial charge in [-0.3, -0.25) is 4.79 Å². The van der Waals surface area contributed by atoms with Crippen LogP contribution in [0.2, 0.25) is 0 Å². The number of carbonyl (C=O) groups excluding carboxylic acids is 1. The topological polar surface area (TPSA) is 121 Å². The summed E-state index contributed by atoms with van der Waals surface area (Å²) in [5.74, 6) is -6.13. The molecule has 0 fully saturated rings. The van der Waals surface area contributed by atoms with Gasteiger partial charge in [0.05, 0.1) is 0 Å². The van der Waals surface area contributed by atoms with Crippen molar-refractivity contribution in [2.24, 2.45) is 5.73 Å². The number of aliphatic hydroxyl groups excluding tert-OH is 2. The van der Waals surface area contributed by atoms with Gasteiger partial charge in [-0.15, -0.1) is 0 Å². The maximum Gasteiger partial charge on any atom is 0.341 e. The normalized spacial score (nSPS) is 14.0. The van der Waals surface area contributed by atoms with Gasteiger partial charge in [0.2, 0.25) is 5.91 Å². The fourth-order valence-electron chi connectivity index (χ4n) is 1.32. The lowest BCUT2D eigenvalue weighted by Gasteiger charge is -2.16. The van der Waals surface area contributed by atoms with Gasteiger partial charge in [0.1, 0.15) is 23.3 Å². The number of amides is 1. The van der Waals surface area contributed by atoms with Crippen LogP contribution in [-0.2, 0) is 4.79 Å². The van der Waals surface area contributed by atoms with Crippen LogP contribution in [0.15, 0.2) is 12.1 Å². The number of carbonyl (C=O) groups is 2. The molecule has 0 heterocycles. The van der Waals surface area contributed by atoms with Crippen LogP contribution in [0.1, 0.15) is 22.0 Å². The Morgan fingerprint density at radius 2 is 1.78 bits per heavy atom. The summed E-state index contributed by atoms with van der Waals surface area (Å²) in [6.07, 6.45) is -4.21. The van der Waals surface area contributed by atoms with E-state index in [-0.39, 0.29) is 0 Å². The fraction of sp³-hybridized carbons (Fsp3) is 0.200. The van der Waals surface area contributed by atoms with Crippen molar-refractivity contribution >= 4 is 11.9 Å². The van der Waals surface area contributed by atoms with E-state index in [1.807, 2.05) is 0 Å². The van der Waals surface area contributed by atoms with Gasteiger partial charge in [-0.25, -0.2) is 13.6 Å². The van der Waals surface area contributed by atoms with Crippen molar-refractivity contribution in [3.8, 4) is 0 Å². The van der Waals surface area contributed by atoms with Crippen LogP contribution < -0.4 is 5.73 Å². The van der Waals surface area contributed by atoms with Crippen LogP contribution in [0.5, 0.6) is 0 Å². The van der Waals surface area contributed by atoms with Crippen molar-refractivity contribution in [3.63, 3.8) is 0 Å². The highest BCUT2D eigenvalue weighted by atomic mass is 19.1. The van der Waals surface area contributed by atoms with Crippen LogP contribution in [-0.4, -0.2) is 33.3 Å². The summed E-state index contributed by atoms with van der Waals surface area (Å²) < 4.78 is 26.7. The molecule has 98 valence electrons. The molecule has 0 bridgehead atoms. The van der Waals surface area contributed by atoms with E-state index in [1.54, 1.807) is 0 Å². The van der Waals surface area contributed by atoms with Crippen LogP contribution in [0, 0.1) is 11.6 Å². The summed E-state index contributed by atoms with van der Waals surface area (Å²) in [4.78, 5) is 21.2. The van der Waals surface area contributed by atoms with Crippen molar-refractivity contribution in [3.05, 3.63) is 34.9 Å². The van der Waals surface area contributed by atoms with E-state index in [0.29, 0.717) is 12.1 Å². The van der Waals surface area contributed by atoms with E-state index in [2.05, 4.69) is 0 Å².